The molecule has 4 atom stereocenters. The molecule has 0 bridgehead atoms. The van der Waals surface area contributed by atoms with Crippen LogP contribution in [0.15, 0.2) is 91.0 Å². The second kappa shape index (κ2) is 8.75. The Morgan fingerprint density at radius 3 is 1.87 bits per heavy atom. The Morgan fingerprint density at radius 2 is 1.24 bits per heavy atom. The first-order chi connectivity index (χ1) is 18.8. The lowest BCUT2D eigenvalue weighted by Gasteiger charge is -2.44. The zero-order chi connectivity index (χ0) is 25.2. The third-order valence-electron chi connectivity index (χ3n) is 9.20. The Kier molecular flexibility index (Phi) is 5.28. The van der Waals surface area contributed by atoms with Gasteiger partial charge in [-0.1, -0.05) is 91.0 Å². The SMILES string of the molecule is C1=CC2C(=C1)c1ccccc1C2(COCC1CO1)CC1(COCC2CO2)c2ccccc2-c2ccccc21. The largest absolute Gasteiger partial charge is 0.378 e. The molecule has 0 amide bonds. The van der Waals surface area contributed by atoms with Crippen LogP contribution in [0.4, 0.5) is 0 Å². The lowest BCUT2D eigenvalue weighted by atomic mass is 9.61. The van der Waals surface area contributed by atoms with Gasteiger partial charge in [-0.2, -0.15) is 0 Å². The van der Waals surface area contributed by atoms with Crippen molar-refractivity contribution in [3.63, 3.8) is 0 Å². The lowest BCUT2D eigenvalue weighted by Crippen LogP contribution is -2.46. The van der Waals surface area contributed by atoms with E-state index in [4.69, 9.17) is 18.9 Å². The van der Waals surface area contributed by atoms with Crippen molar-refractivity contribution < 1.29 is 18.9 Å². The first-order valence-electron chi connectivity index (χ1n) is 13.8. The van der Waals surface area contributed by atoms with Crippen LogP contribution < -0.4 is 0 Å². The quantitative estimate of drug-likeness (QED) is 0.333. The van der Waals surface area contributed by atoms with Crippen LogP contribution in [-0.4, -0.2) is 51.8 Å². The summed E-state index contributed by atoms with van der Waals surface area (Å²) >= 11 is 0. The van der Waals surface area contributed by atoms with Crippen molar-refractivity contribution in [3.05, 3.63) is 113 Å². The fourth-order valence-electron chi connectivity index (χ4n) is 7.39. The van der Waals surface area contributed by atoms with Gasteiger partial charge in [-0.15, -0.1) is 0 Å². The van der Waals surface area contributed by atoms with E-state index in [1.807, 2.05) is 0 Å². The number of hydrogen-bond donors (Lipinski definition) is 0. The van der Waals surface area contributed by atoms with E-state index in [0.29, 0.717) is 26.4 Å². The molecule has 2 fully saturated rings. The van der Waals surface area contributed by atoms with Crippen molar-refractivity contribution in [2.45, 2.75) is 29.5 Å². The summed E-state index contributed by atoms with van der Waals surface area (Å²) in [7, 11) is 0. The molecule has 38 heavy (non-hydrogen) atoms. The number of allylic oxidation sites excluding steroid dienone is 4. The van der Waals surface area contributed by atoms with Crippen molar-refractivity contribution in [1.29, 1.82) is 0 Å². The fourth-order valence-corrected chi connectivity index (χ4v) is 7.39. The lowest BCUT2D eigenvalue weighted by molar-refractivity contribution is 0.0322. The molecule has 2 saturated heterocycles. The second-order valence-electron chi connectivity index (χ2n) is 11.5. The van der Waals surface area contributed by atoms with Gasteiger partial charge in [-0.3, -0.25) is 0 Å². The van der Waals surface area contributed by atoms with Crippen LogP contribution in [0.3, 0.4) is 0 Å². The third kappa shape index (κ3) is 3.51. The summed E-state index contributed by atoms with van der Waals surface area (Å²) in [5.41, 5.74) is 8.99. The molecule has 8 rings (SSSR count). The summed E-state index contributed by atoms with van der Waals surface area (Å²) in [5.74, 6) is 0.267. The minimum atomic E-state index is -0.305. The molecule has 4 unspecified atom stereocenters. The van der Waals surface area contributed by atoms with Gasteiger partial charge in [0.2, 0.25) is 0 Å². The Balaban J connectivity index is 1.29. The molecule has 2 aliphatic heterocycles. The van der Waals surface area contributed by atoms with Crippen LogP contribution in [0.25, 0.3) is 16.7 Å². The molecule has 4 heteroatoms. The smallest absolute Gasteiger partial charge is 0.104 e. The zero-order valence-corrected chi connectivity index (χ0v) is 21.5. The first-order valence-corrected chi connectivity index (χ1v) is 13.8. The molecular weight excluding hydrogens is 472 g/mol. The third-order valence-corrected chi connectivity index (χ3v) is 9.20. The molecule has 0 N–H and O–H groups in total. The van der Waals surface area contributed by atoms with Gasteiger partial charge in [0.05, 0.1) is 39.6 Å². The summed E-state index contributed by atoms with van der Waals surface area (Å²) in [5, 5.41) is 0. The summed E-state index contributed by atoms with van der Waals surface area (Å²) in [6.07, 6.45) is 8.30. The van der Waals surface area contributed by atoms with Gasteiger partial charge in [0.15, 0.2) is 0 Å². The molecule has 0 saturated carbocycles. The Morgan fingerprint density at radius 1 is 0.684 bits per heavy atom. The average Bonchev–Trinajstić information content (AvgIpc) is 3.87. The number of epoxide rings is 2. The molecule has 5 aliphatic rings. The maximum absolute atomic E-state index is 6.55. The van der Waals surface area contributed by atoms with E-state index >= 15 is 0 Å². The first kappa shape index (κ1) is 22.9. The fraction of sp³-hybridized carbons (Fsp3) is 0.353. The Bertz CT molecular complexity index is 1400. The molecule has 0 radical (unpaired) electrons. The highest BCUT2D eigenvalue weighted by atomic mass is 16.6. The van der Waals surface area contributed by atoms with Gasteiger partial charge in [0, 0.05) is 16.7 Å². The van der Waals surface area contributed by atoms with E-state index in [0.717, 1.165) is 19.6 Å². The number of fused-ring (bicyclic) bond motifs is 6. The van der Waals surface area contributed by atoms with Gasteiger partial charge in [-0.05, 0) is 45.4 Å². The summed E-state index contributed by atoms with van der Waals surface area (Å²) in [6, 6.07) is 26.8. The minimum absolute atomic E-state index is 0.228. The highest BCUT2D eigenvalue weighted by molar-refractivity contribution is 5.84. The number of rotatable bonds is 10. The minimum Gasteiger partial charge on any atom is -0.378 e. The Labute approximate surface area is 223 Å². The second-order valence-corrected chi connectivity index (χ2v) is 11.5. The van der Waals surface area contributed by atoms with Gasteiger partial charge in [0.25, 0.3) is 0 Å². The zero-order valence-electron chi connectivity index (χ0n) is 21.5. The summed E-state index contributed by atoms with van der Waals surface area (Å²) in [6.45, 7) is 4.16. The van der Waals surface area contributed by atoms with Gasteiger partial charge in [-0.25, -0.2) is 0 Å². The van der Waals surface area contributed by atoms with Gasteiger partial charge >= 0.3 is 0 Å². The predicted molar refractivity (Wildman–Crippen MR) is 147 cm³/mol. The maximum Gasteiger partial charge on any atom is 0.104 e. The molecular formula is C34H32O4. The molecule has 0 aromatic heterocycles. The number of ether oxygens (including phenoxy) is 4. The van der Waals surface area contributed by atoms with Crippen molar-refractivity contribution >= 4 is 5.57 Å². The molecule has 192 valence electrons. The van der Waals surface area contributed by atoms with Crippen molar-refractivity contribution in [2.24, 2.45) is 5.92 Å². The number of benzene rings is 3. The van der Waals surface area contributed by atoms with Crippen LogP contribution in [0.1, 0.15) is 28.7 Å². The van der Waals surface area contributed by atoms with E-state index in [1.165, 1.54) is 39.0 Å². The molecule has 2 heterocycles. The molecule has 4 nitrogen and oxygen atoms in total. The van der Waals surface area contributed by atoms with Gasteiger partial charge in [0.1, 0.15) is 12.2 Å². The van der Waals surface area contributed by atoms with Crippen LogP contribution >= 0.6 is 0 Å². The van der Waals surface area contributed by atoms with Crippen LogP contribution in [0, 0.1) is 5.92 Å². The topological polar surface area (TPSA) is 43.5 Å². The maximum atomic E-state index is 6.55. The molecule has 3 aromatic carbocycles. The highest BCUT2D eigenvalue weighted by Gasteiger charge is 2.56. The molecule has 3 aliphatic carbocycles. The van der Waals surface area contributed by atoms with Crippen LogP contribution in [-0.2, 0) is 29.8 Å². The average molecular weight is 505 g/mol. The summed E-state index contributed by atoms with van der Waals surface area (Å²) < 4.78 is 24.1. The van der Waals surface area contributed by atoms with Crippen molar-refractivity contribution in [3.8, 4) is 11.1 Å². The molecule has 0 spiro atoms. The highest BCUT2D eigenvalue weighted by Crippen LogP contribution is 2.61. The van der Waals surface area contributed by atoms with E-state index in [-0.39, 0.29) is 29.0 Å². The van der Waals surface area contributed by atoms with Crippen LogP contribution in [0.2, 0.25) is 0 Å². The monoisotopic (exact) mass is 504 g/mol. The van der Waals surface area contributed by atoms with E-state index < -0.39 is 0 Å². The predicted octanol–water partition coefficient (Wildman–Crippen LogP) is 5.70. The molecule has 3 aromatic rings. The van der Waals surface area contributed by atoms with Gasteiger partial charge < -0.3 is 18.9 Å². The van der Waals surface area contributed by atoms with E-state index in [9.17, 15) is 0 Å². The van der Waals surface area contributed by atoms with Crippen LogP contribution in [0.5, 0.6) is 0 Å². The normalized spacial score (nSPS) is 28.4. The van der Waals surface area contributed by atoms with Crippen molar-refractivity contribution in [2.75, 3.05) is 39.6 Å². The Hall–Kier alpha value is -3.02. The van der Waals surface area contributed by atoms with E-state index in [2.05, 4.69) is 91.0 Å². The number of hydrogen-bond acceptors (Lipinski definition) is 4. The van der Waals surface area contributed by atoms with E-state index in [1.54, 1.807) is 0 Å². The standard InChI is InChI=1S/C34H32O4/c1-4-12-29-25(8-1)26-9-2-5-13-30(26)33(29,21-35-16-23-18-37-23)20-34(22-36-17-24-19-38-24)31-14-6-3-10-27(31)28-11-7-15-32(28)34/h1-15,23-24,32H,16-22H2. The summed E-state index contributed by atoms with van der Waals surface area (Å²) in [4.78, 5) is 0. The van der Waals surface area contributed by atoms with Crippen molar-refractivity contribution in [1.82, 2.24) is 0 Å².